The molecule has 122 valence electrons. The molecule has 1 aromatic rings. The van der Waals surface area contributed by atoms with Gasteiger partial charge in [-0.1, -0.05) is 37.5 Å². The number of para-hydroxylation sites is 1. The summed E-state index contributed by atoms with van der Waals surface area (Å²) in [5.41, 5.74) is 1.45. The third-order valence-electron chi connectivity index (χ3n) is 5.89. The average molecular weight is 301 g/mol. The fourth-order valence-corrected chi connectivity index (χ4v) is 4.47. The molecule has 0 radical (unpaired) electrons. The van der Waals surface area contributed by atoms with Crippen LogP contribution < -0.4 is 9.80 Å². The van der Waals surface area contributed by atoms with Gasteiger partial charge in [-0.25, -0.2) is 0 Å². The van der Waals surface area contributed by atoms with Gasteiger partial charge in [0.25, 0.3) is 0 Å². The summed E-state index contributed by atoms with van der Waals surface area (Å²) in [5, 5.41) is 0. The molecule has 0 spiro atoms. The molecule has 2 atom stereocenters. The molecule has 2 nitrogen and oxygen atoms in total. The highest BCUT2D eigenvalue weighted by Crippen LogP contribution is 2.27. The van der Waals surface area contributed by atoms with E-state index in [0.717, 1.165) is 12.1 Å². The van der Waals surface area contributed by atoms with Crippen molar-refractivity contribution < 1.29 is 4.90 Å². The maximum Gasteiger partial charge on any atom is 0.0889 e. The standard InChI is InChI=1S/C20H32N2/c1-21-16-9-8-10-18(21)15-17-22(19-11-4-2-5-12-19)20-13-6-3-7-14-20/h2,4-5,11-12,18,20H,3,6-10,13-17H2,1H3/p+1. The molecule has 1 N–H and O–H groups in total. The highest BCUT2D eigenvalue weighted by atomic mass is 15.2. The van der Waals surface area contributed by atoms with Crippen molar-refractivity contribution >= 4 is 5.69 Å². The second kappa shape index (κ2) is 8.01. The van der Waals surface area contributed by atoms with Crippen molar-refractivity contribution in [1.82, 2.24) is 0 Å². The predicted octanol–water partition coefficient (Wildman–Crippen LogP) is 3.28. The molecule has 2 unspecified atom stereocenters. The van der Waals surface area contributed by atoms with Gasteiger partial charge in [0.2, 0.25) is 0 Å². The van der Waals surface area contributed by atoms with Crippen LogP contribution in [0.2, 0.25) is 0 Å². The lowest BCUT2D eigenvalue weighted by molar-refractivity contribution is -0.911. The van der Waals surface area contributed by atoms with Gasteiger partial charge in [0.1, 0.15) is 0 Å². The van der Waals surface area contributed by atoms with E-state index in [0.29, 0.717) is 0 Å². The number of quaternary nitrogens is 1. The number of likely N-dealkylation sites (tertiary alicyclic amines) is 1. The summed E-state index contributed by atoms with van der Waals surface area (Å²) >= 11 is 0. The Balaban J connectivity index is 1.65. The smallest absolute Gasteiger partial charge is 0.0889 e. The molecule has 0 aromatic heterocycles. The second-order valence-electron chi connectivity index (χ2n) is 7.40. The van der Waals surface area contributed by atoms with Crippen LogP contribution in [0.15, 0.2) is 30.3 Å². The Morgan fingerprint density at radius 3 is 2.41 bits per heavy atom. The lowest BCUT2D eigenvalue weighted by Gasteiger charge is -2.38. The van der Waals surface area contributed by atoms with Crippen molar-refractivity contribution in [3.05, 3.63) is 30.3 Å². The van der Waals surface area contributed by atoms with Crippen LogP contribution in [0.25, 0.3) is 0 Å². The summed E-state index contributed by atoms with van der Waals surface area (Å²) in [6.07, 6.45) is 12.7. The number of benzene rings is 1. The molecule has 1 saturated carbocycles. The number of nitrogens with one attached hydrogen (secondary N) is 1. The first-order valence-corrected chi connectivity index (χ1v) is 9.48. The van der Waals surface area contributed by atoms with Gasteiger partial charge in [-0.05, 0) is 44.2 Å². The Hall–Kier alpha value is -1.02. The molecule has 2 heteroatoms. The minimum absolute atomic E-state index is 0.778. The van der Waals surface area contributed by atoms with E-state index in [-0.39, 0.29) is 0 Å². The van der Waals surface area contributed by atoms with Gasteiger partial charge in [0.05, 0.1) is 19.6 Å². The summed E-state index contributed by atoms with van der Waals surface area (Å²) in [6, 6.07) is 12.8. The monoisotopic (exact) mass is 301 g/mol. The molecule has 0 bridgehead atoms. The minimum Gasteiger partial charge on any atom is -0.368 e. The van der Waals surface area contributed by atoms with Crippen molar-refractivity contribution in [2.75, 3.05) is 25.0 Å². The summed E-state index contributed by atoms with van der Waals surface area (Å²) in [6.45, 7) is 2.62. The van der Waals surface area contributed by atoms with E-state index < -0.39 is 0 Å². The zero-order chi connectivity index (χ0) is 15.2. The maximum atomic E-state index is 2.74. The van der Waals surface area contributed by atoms with Gasteiger partial charge in [0.15, 0.2) is 0 Å². The molecular weight excluding hydrogens is 268 g/mol. The molecule has 1 saturated heterocycles. The largest absolute Gasteiger partial charge is 0.368 e. The summed E-state index contributed by atoms with van der Waals surface area (Å²) < 4.78 is 0. The number of piperidine rings is 1. The van der Waals surface area contributed by atoms with Crippen LogP contribution in [0.3, 0.4) is 0 Å². The maximum absolute atomic E-state index is 2.74. The summed E-state index contributed by atoms with van der Waals surface area (Å²) in [7, 11) is 2.40. The Morgan fingerprint density at radius 1 is 0.955 bits per heavy atom. The van der Waals surface area contributed by atoms with Crippen LogP contribution in [-0.4, -0.2) is 32.2 Å². The van der Waals surface area contributed by atoms with Crippen LogP contribution >= 0.6 is 0 Å². The van der Waals surface area contributed by atoms with Gasteiger partial charge in [0, 0.05) is 24.7 Å². The van der Waals surface area contributed by atoms with E-state index in [2.05, 4.69) is 42.3 Å². The normalized spacial score (nSPS) is 26.8. The van der Waals surface area contributed by atoms with E-state index in [9.17, 15) is 0 Å². The topological polar surface area (TPSA) is 7.68 Å². The number of anilines is 1. The predicted molar refractivity (Wildman–Crippen MR) is 94.7 cm³/mol. The van der Waals surface area contributed by atoms with E-state index in [1.807, 2.05) is 0 Å². The molecule has 1 aromatic carbocycles. The number of rotatable bonds is 5. The molecule has 1 heterocycles. The Morgan fingerprint density at radius 2 is 1.68 bits per heavy atom. The molecule has 22 heavy (non-hydrogen) atoms. The van der Waals surface area contributed by atoms with Gasteiger partial charge >= 0.3 is 0 Å². The van der Waals surface area contributed by atoms with Gasteiger partial charge < -0.3 is 9.80 Å². The van der Waals surface area contributed by atoms with Crippen LogP contribution in [0.4, 0.5) is 5.69 Å². The SMILES string of the molecule is C[NH+]1CCCCC1CCN(c1ccccc1)C1CCCCC1. The average Bonchev–Trinajstić information content (AvgIpc) is 2.59. The van der Waals surface area contributed by atoms with Crippen molar-refractivity contribution in [3.8, 4) is 0 Å². The molecule has 1 aliphatic carbocycles. The van der Waals surface area contributed by atoms with Gasteiger partial charge in [-0.2, -0.15) is 0 Å². The fourth-order valence-electron chi connectivity index (χ4n) is 4.47. The number of nitrogens with zero attached hydrogens (tertiary/aromatic N) is 1. The van der Waals surface area contributed by atoms with Crippen molar-refractivity contribution in [2.45, 2.75) is 69.9 Å². The minimum atomic E-state index is 0.778. The third-order valence-corrected chi connectivity index (χ3v) is 5.89. The van der Waals surface area contributed by atoms with E-state index in [1.54, 1.807) is 4.90 Å². The number of hydrogen-bond acceptors (Lipinski definition) is 1. The molecule has 2 fully saturated rings. The Bertz CT molecular complexity index is 425. The zero-order valence-corrected chi connectivity index (χ0v) is 14.3. The fraction of sp³-hybridized carbons (Fsp3) is 0.700. The van der Waals surface area contributed by atoms with Crippen molar-refractivity contribution in [3.63, 3.8) is 0 Å². The highest BCUT2D eigenvalue weighted by Gasteiger charge is 2.26. The van der Waals surface area contributed by atoms with Crippen LogP contribution in [0, 0.1) is 0 Å². The Labute approximate surface area is 136 Å². The quantitative estimate of drug-likeness (QED) is 0.877. The van der Waals surface area contributed by atoms with E-state index in [4.69, 9.17) is 0 Å². The molecule has 0 amide bonds. The second-order valence-corrected chi connectivity index (χ2v) is 7.40. The lowest BCUT2D eigenvalue weighted by Crippen LogP contribution is -3.13. The van der Waals surface area contributed by atoms with Crippen LogP contribution in [0.5, 0.6) is 0 Å². The Kier molecular flexibility index (Phi) is 5.77. The van der Waals surface area contributed by atoms with E-state index in [1.165, 1.54) is 76.6 Å². The highest BCUT2D eigenvalue weighted by molar-refractivity contribution is 5.47. The van der Waals surface area contributed by atoms with Crippen LogP contribution in [0.1, 0.15) is 57.8 Å². The molecule has 1 aliphatic heterocycles. The first kappa shape index (κ1) is 15.9. The summed E-state index contributed by atoms with van der Waals surface area (Å²) in [5.74, 6) is 0. The first-order chi connectivity index (χ1) is 10.8. The lowest BCUT2D eigenvalue weighted by atomic mass is 9.93. The van der Waals surface area contributed by atoms with Gasteiger partial charge in [-0.15, -0.1) is 0 Å². The van der Waals surface area contributed by atoms with Gasteiger partial charge in [-0.3, -0.25) is 0 Å². The van der Waals surface area contributed by atoms with Crippen molar-refractivity contribution in [2.24, 2.45) is 0 Å². The first-order valence-electron chi connectivity index (χ1n) is 9.48. The van der Waals surface area contributed by atoms with Crippen LogP contribution in [-0.2, 0) is 0 Å². The number of hydrogen-bond donors (Lipinski definition) is 1. The zero-order valence-electron chi connectivity index (χ0n) is 14.3. The third kappa shape index (κ3) is 4.04. The van der Waals surface area contributed by atoms with Crippen molar-refractivity contribution in [1.29, 1.82) is 0 Å². The molecule has 2 aliphatic rings. The van der Waals surface area contributed by atoms with E-state index >= 15 is 0 Å². The summed E-state index contributed by atoms with van der Waals surface area (Å²) in [4.78, 5) is 4.50. The molecular formula is C20H33N2+. The molecule has 3 rings (SSSR count).